The second-order valence-corrected chi connectivity index (χ2v) is 6.04. The Balaban J connectivity index is 3.25. The van der Waals surface area contributed by atoms with E-state index in [9.17, 15) is 0 Å². The monoisotopic (exact) mass is 247 g/mol. The van der Waals surface area contributed by atoms with Crippen LogP contribution in [-0.2, 0) is 8.85 Å². The van der Waals surface area contributed by atoms with Crippen LogP contribution in [0.15, 0.2) is 0 Å². The normalized spacial score (nSPS) is 11.2. The predicted molar refractivity (Wildman–Crippen MR) is 72.2 cm³/mol. The van der Waals surface area contributed by atoms with Gasteiger partial charge < -0.3 is 14.2 Å². The molecule has 0 amide bonds. The maximum absolute atomic E-state index is 5.62. The van der Waals surface area contributed by atoms with Gasteiger partial charge in [-0.15, -0.1) is 0 Å². The fourth-order valence-electron chi connectivity index (χ4n) is 1.57. The second kappa shape index (κ2) is 13.2. The van der Waals surface area contributed by atoms with Crippen LogP contribution in [0, 0.1) is 0 Å². The van der Waals surface area contributed by atoms with Gasteiger partial charge >= 0.3 is 9.28 Å². The third-order valence-corrected chi connectivity index (χ3v) is 4.75. The Morgan fingerprint density at radius 3 is 2.06 bits per heavy atom. The van der Waals surface area contributed by atoms with Gasteiger partial charge in [-0.3, -0.25) is 0 Å². The Kier molecular flexibility index (Phi) is 13.2. The van der Waals surface area contributed by atoms with Gasteiger partial charge in [0.15, 0.2) is 0 Å². The van der Waals surface area contributed by atoms with Gasteiger partial charge in [0.1, 0.15) is 0 Å². The lowest BCUT2D eigenvalue weighted by Gasteiger charge is -2.14. The Morgan fingerprint density at radius 1 is 0.875 bits per heavy atom. The molecule has 0 aromatic heterocycles. The lowest BCUT2D eigenvalue weighted by atomic mass is 10.3. The molecule has 0 saturated heterocycles. The van der Waals surface area contributed by atoms with Crippen LogP contribution < -0.4 is 5.32 Å². The zero-order valence-electron chi connectivity index (χ0n) is 11.3. The number of hydrogen-bond acceptors (Lipinski definition) is 3. The summed E-state index contributed by atoms with van der Waals surface area (Å²) in [4.78, 5) is 0. The number of rotatable bonds is 12. The van der Waals surface area contributed by atoms with Gasteiger partial charge in [-0.25, -0.2) is 0 Å². The Hall–Kier alpha value is 0.0969. The maximum Gasteiger partial charge on any atom is 0.321 e. The summed E-state index contributed by atoms with van der Waals surface area (Å²) in [5, 5.41) is 3.46. The highest BCUT2D eigenvalue weighted by atomic mass is 28.3. The van der Waals surface area contributed by atoms with Crippen molar-refractivity contribution in [3.8, 4) is 0 Å². The molecule has 0 rings (SSSR count). The van der Waals surface area contributed by atoms with Crippen molar-refractivity contribution in [2.45, 2.75) is 52.5 Å². The molecule has 0 unspecified atom stereocenters. The summed E-state index contributed by atoms with van der Waals surface area (Å²) >= 11 is 0. The van der Waals surface area contributed by atoms with Crippen LogP contribution >= 0.6 is 0 Å². The van der Waals surface area contributed by atoms with Crippen LogP contribution in [0.2, 0.25) is 6.04 Å². The highest BCUT2D eigenvalue weighted by Crippen LogP contribution is 2.04. The van der Waals surface area contributed by atoms with Gasteiger partial charge in [0.25, 0.3) is 0 Å². The van der Waals surface area contributed by atoms with Gasteiger partial charge in [-0.1, -0.05) is 19.8 Å². The van der Waals surface area contributed by atoms with Crippen molar-refractivity contribution in [1.82, 2.24) is 5.32 Å². The van der Waals surface area contributed by atoms with Crippen LogP contribution in [0.25, 0.3) is 0 Å². The van der Waals surface area contributed by atoms with Crippen molar-refractivity contribution < 1.29 is 8.85 Å². The standard InChI is InChI=1S/C12H29NO2Si/c1-4-7-10-13-11-8-9-12-16(14-5-2)15-6-3/h13,16H,4-12H2,1-3H3. The molecule has 98 valence electrons. The Labute approximate surface area is 103 Å². The van der Waals surface area contributed by atoms with Crippen LogP contribution in [0.4, 0.5) is 0 Å². The Morgan fingerprint density at radius 2 is 1.50 bits per heavy atom. The third kappa shape index (κ3) is 10.6. The molecule has 0 aromatic rings. The molecule has 0 aliphatic heterocycles. The predicted octanol–water partition coefficient (Wildman–Crippen LogP) is 2.45. The van der Waals surface area contributed by atoms with Crippen LogP contribution in [0.5, 0.6) is 0 Å². The maximum atomic E-state index is 5.62. The van der Waals surface area contributed by atoms with Crippen molar-refractivity contribution in [2.75, 3.05) is 26.3 Å². The van der Waals surface area contributed by atoms with Gasteiger partial charge in [-0.05, 0) is 45.8 Å². The van der Waals surface area contributed by atoms with Gasteiger partial charge in [0.05, 0.1) is 0 Å². The summed E-state index contributed by atoms with van der Waals surface area (Å²) in [7, 11) is -1.33. The highest BCUT2D eigenvalue weighted by Gasteiger charge is 2.10. The molecule has 0 heterocycles. The molecule has 0 aromatic carbocycles. The largest absolute Gasteiger partial charge is 0.397 e. The smallest absolute Gasteiger partial charge is 0.321 e. The van der Waals surface area contributed by atoms with E-state index < -0.39 is 9.28 Å². The van der Waals surface area contributed by atoms with E-state index in [-0.39, 0.29) is 0 Å². The lowest BCUT2D eigenvalue weighted by Crippen LogP contribution is -2.23. The molecular formula is C12H29NO2Si. The Bertz CT molecular complexity index is 130. The SMILES string of the molecule is CCCCNCCCC[SiH](OCC)OCC. The lowest BCUT2D eigenvalue weighted by molar-refractivity contribution is 0.212. The van der Waals surface area contributed by atoms with E-state index in [1.54, 1.807) is 0 Å². The molecule has 4 heteroatoms. The molecule has 3 nitrogen and oxygen atoms in total. The van der Waals surface area contributed by atoms with Crippen LogP contribution in [-0.4, -0.2) is 35.6 Å². The molecule has 0 radical (unpaired) electrons. The van der Waals surface area contributed by atoms with Crippen LogP contribution in [0.1, 0.15) is 46.5 Å². The van der Waals surface area contributed by atoms with Crippen molar-refractivity contribution >= 4 is 9.28 Å². The molecular weight excluding hydrogens is 218 g/mol. The summed E-state index contributed by atoms with van der Waals surface area (Å²) in [5.74, 6) is 0. The fourth-order valence-corrected chi connectivity index (χ4v) is 3.37. The number of unbranched alkanes of at least 4 members (excludes halogenated alkanes) is 2. The summed E-state index contributed by atoms with van der Waals surface area (Å²) in [6, 6.07) is 1.15. The average Bonchev–Trinajstić information content (AvgIpc) is 2.28. The zero-order chi connectivity index (χ0) is 12.1. The first-order chi connectivity index (χ1) is 7.85. The summed E-state index contributed by atoms with van der Waals surface area (Å²) in [6.07, 6.45) is 5.04. The summed E-state index contributed by atoms with van der Waals surface area (Å²) in [5.41, 5.74) is 0. The minimum atomic E-state index is -1.33. The number of hydrogen-bond donors (Lipinski definition) is 1. The quantitative estimate of drug-likeness (QED) is 0.424. The molecule has 0 fully saturated rings. The highest BCUT2D eigenvalue weighted by molar-refractivity contribution is 6.44. The van der Waals surface area contributed by atoms with E-state index in [1.807, 2.05) is 13.8 Å². The van der Waals surface area contributed by atoms with E-state index in [4.69, 9.17) is 8.85 Å². The minimum Gasteiger partial charge on any atom is -0.397 e. The van der Waals surface area contributed by atoms with E-state index >= 15 is 0 Å². The topological polar surface area (TPSA) is 30.5 Å². The van der Waals surface area contributed by atoms with Gasteiger partial charge in [-0.2, -0.15) is 0 Å². The molecule has 0 atom stereocenters. The molecule has 1 N–H and O–H groups in total. The molecule has 0 aliphatic carbocycles. The molecule has 16 heavy (non-hydrogen) atoms. The molecule has 0 saturated carbocycles. The first-order valence-corrected chi connectivity index (χ1v) is 8.54. The molecule has 0 spiro atoms. The van der Waals surface area contributed by atoms with Crippen molar-refractivity contribution in [3.05, 3.63) is 0 Å². The second-order valence-electron chi connectivity index (χ2n) is 3.94. The van der Waals surface area contributed by atoms with Crippen molar-refractivity contribution in [1.29, 1.82) is 0 Å². The van der Waals surface area contributed by atoms with Crippen LogP contribution in [0.3, 0.4) is 0 Å². The van der Waals surface area contributed by atoms with E-state index in [1.165, 1.54) is 25.7 Å². The third-order valence-electron chi connectivity index (χ3n) is 2.46. The van der Waals surface area contributed by atoms with E-state index in [0.717, 1.165) is 32.3 Å². The van der Waals surface area contributed by atoms with E-state index in [0.29, 0.717) is 0 Å². The fraction of sp³-hybridized carbons (Fsp3) is 1.00. The summed E-state index contributed by atoms with van der Waals surface area (Å²) in [6.45, 7) is 10.2. The first-order valence-electron chi connectivity index (χ1n) is 6.79. The van der Waals surface area contributed by atoms with Gasteiger partial charge in [0, 0.05) is 13.2 Å². The van der Waals surface area contributed by atoms with Crippen molar-refractivity contribution in [2.24, 2.45) is 0 Å². The van der Waals surface area contributed by atoms with Crippen molar-refractivity contribution in [3.63, 3.8) is 0 Å². The first kappa shape index (κ1) is 16.1. The zero-order valence-corrected chi connectivity index (χ0v) is 12.4. The average molecular weight is 247 g/mol. The molecule has 0 aliphatic rings. The minimum absolute atomic E-state index is 0.797. The summed E-state index contributed by atoms with van der Waals surface area (Å²) < 4.78 is 11.2. The van der Waals surface area contributed by atoms with E-state index in [2.05, 4.69) is 12.2 Å². The number of nitrogens with one attached hydrogen (secondary N) is 1. The molecule has 0 bridgehead atoms. The van der Waals surface area contributed by atoms with Gasteiger partial charge in [0.2, 0.25) is 0 Å².